The van der Waals surface area contributed by atoms with Gasteiger partial charge in [-0.2, -0.15) is 0 Å². The number of nitrogens with zero attached hydrogens (tertiary/aromatic N) is 3. The van der Waals surface area contributed by atoms with Gasteiger partial charge in [0.05, 0.1) is 0 Å². The molecule has 94 valence electrons. The van der Waals surface area contributed by atoms with Crippen LogP contribution in [0.2, 0.25) is 0 Å². The van der Waals surface area contributed by atoms with Crippen molar-refractivity contribution in [3.8, 4) is 0 Å². The van der Waals surface area contributed by atoms with Gasteiger partial charge in [0.1, 0.15) is 13.1 Å². The molecule has 1 heterocycles. The summed E-state index contributed by atoms with van der Waals surface area (Å²) in [7, 11) is 0. The summed E-state index contributed by atoms with van der Waals surface area (Å²) < 4.78 is 5.20. The summed E-state index contributed by atoms with van der Waals surface area (Å²) >= 11 is 0. The fraction of sp³-hybridized carbons (Fsp3) is 0.500. The van der Waals surface area contributed by atoms with E-state index in [1.54, 1.807) is 0 Å². The molecule has 0 spiro atoms. The Morgan fingerprint density at radius 3 is 2.24 bits per heavy atom. The number of amides is 2. The molecule has 17 heavy (non-hydrogen) atoms. The Hall–Kier alpha value is -2.16. The number of anilines is 1. The molecule has 0 aromatic carbocycles. The molecule has 0 saturated heterocycles. The number of hydrogen-bond acceptors (Lipinski definition) is 7. The average Bonchev–Trinajstić information content (AvgIpc) is 2.64. The number of nitrogens with two attached hydrogens (primary N) is 3. The molecule has 6 N–H and O–H groups in total. The van der Waals surface area contributed by atoms with Crippen molar-refractivity contribution in [3.05, 3.63) is 5.89 Å². The van der Waals surface area contributed by atoms with E-state index in [0.29, 0.717) is 18.9 Å². The van der Waals surface area contributed by atoms with Crippen molar-refractivity contribution < 1.29 is 14.0 Å². The van der Waals surface area contributed by atoms with Gasteiger partial charge in [0.25, 0.3) is 0 Å². The number of hydrogen-bond donors (Lipinski definition) is 3. The molecule has 2 amide bonds. The molecule has 0 saturated carbocycles. The SMILES string of the molecule is NCCc1nnc(N(CC(N)=O)CC(N)=O)o1. The van der Waals surface area contributed by atoms with E-state index in [1.165, 1.54) is 4.90 Å². The molecule has 9 heteroatoms. The predicted octanol–water partition coefficient (Wildman–Crippen LogP) is -2.65. The van der Waals surface area contributed by atoms with Crippen LogP contribution in [0.1, 0.15) is 5.89 Å². The number of rotatable bonds is 7. The molecule has 0 aliphatic heterocycles. The largest absolute Gasteiger partial charge is 0.408 e. The Kier molecular flexibility index (Phi) is 4.40. The van der Waals surface area contributed by atoms with Crippen LogP contribution in [0.3, 0.4) is 0 Å². The normalized spacial score (nSPS) is 10.2. The molecule has 0 bridgehead atoms. The third-order valence-corrected chi connectivity index (χ3v) is 1.78. The van der Waals surface area contributed by atoms with Gasteiger partial charge in [0, 0.05) is 13.0 Å². The summed E-state index contributed by atoms with van der Waals surface area (Å²) in [5.41, 5.74) is 15.4. The lowest BCUT2D eigenvalue weighted by atomic mass is 10.4. The lowest BCUT2D eigenvalue weighted by Gasteiger charge is -2.15. The van der Waals surface area contributed by atoms with Gasteiger partial charge in [0.2, 0.25) is 17.7 Å². The van der Waals surface area contributed by atoms with Crippen molar-refractivity contribution in [1.82, 2.24) is 10.2 Å². The van der Waals surface area contributed by atoms with Gasteiger partial charge in [-0.25, -0.2) is 0 Å². The minimum Gasteiger partial charge on any atom is -0.408 e. The zero-order chi connectivity index (χ0) is 12.8. The third-order valence-electron chi connectivity index (χ3n) is 1.78. The zero-order valence-corrected chi connectivity index (χ0v) is 9.13. The van der Waals surface area contributed by atoms with Crippen LogP contribution < -0.4 is 22.1 Å². The van der Waals surface area contributed by atoms with E-state index < -0.39 is 11.8 Å². The highest BCUT2D eigenvalue weighted by Crippen LogP contribution is 2.11. The summed E-state index contributed by atoms with van der Waals surface area (Å²) in [6.07, 6.45) is 0.411. The van der Waals surface area contributed by atoms with Crippen molar-refractivity contribution in [2.45, 2.75) is 6.42 Å². The summed E-state index contributed by atoms with van der Waals surface area (Å²) in [6.45, 7) is -0.104. The van der Waals surface area contributed by atoms with Crippen molar-refractivity contribution in [2.24, 2.45) is 17.2 Å². The Morgan fingerprint density at radius 1 is 1.18 bits per heavy atom. The van der Waals surface area contributed by atoms with Crippen LogP contribution in [0, 0.1) is 0 Å². The molecular formula is C8H14N6O3. The van der Waals surface area contributed by atoms with Crippen molar-refractivity contribution in [1.29, 1.82) is 0 Å². The number of carbonyl (C=O) groups is 2. The average molecular weight is 242 g/mol. The molecular weight excluding hydrogens is 228 g/mol. The Bertz CT molecular complexity index is 388. The van der Waals surface area contributed by atoms with Crippen LogP contribution in [0.25, 0.3) is 0 Å². The first-order valence-electron chi connectivity index (χ1n) is 4.87. The monoisotopic (exact) mass is 242 g/mol. The first-order chi connectivity index (χ1) is 8.02. The number of carbonyl (C=O) groups excluding carboxylic acids is 2. The molecule has 1 aromatic rings. The van der Waals surface area contributed by atoms with E-state index in [9.17, 15) is 9.59 Å². The van der Waals surface area contributed by atoms with E-state index in [2.05, 4.69) is 10.2 Å². The molecule has 1 rings (SSSR count). The quantitative estimate of drug-likeness (QED) is 0.471. The van der Waals surface area contributed by atoms with Gasteiger partial charge >= 0.3 is 6.01 Å². The van der Waals surface area contributed by atoms with E-state index in [1.807, 2.05) is 0 Å². The number of aromatic nitrogens is 2. The fourth-order valence-corrected chi connectivity index (χ4v) is 1.16. The molecule has 0 fully saturated rings. The second-order valence-electron chi connectivity index (χ2n) is 3.31. The van der Waals surface area contributed by atoms with Gasteiger partial charge in [-0.3, -0.25) is 9.59 Å². The van der Waals surface area contributed by atoms with Gasteiger partial charge in [-0.1, -0.05) is 5.10 Å². The molecule has 1 aromatic heterocycles. The van der Waals surface area contributed by atoms with Crippen LogP contribution in [-0.2, 0) is 16.0 Å². The van der Waals surface area contributed by atoms with Crippen molar-refractivity contribution >= 4 is 17.8 Å². The van der Waals surface area contributed by atoms with Gasteiger partial charge < -0.3 is 26.5 Å². The molecule has 0 radical (unpaired) electrons. The Balaban J connectivity index is 2.79. The lowest BCUT2D eigenvalue weighted by molar-refractivity contribution is -0.117. The van der Waals surface area contributed by atoms with E-state index in [4.69, 9.17) is 21.6 Å². The first-order valence-corrected chi connectivity index (χ1v) is 4.87. The van der Waals surface area contributed by atoms with Crippen LogP contribution >= 0.6 is 0 Å². The van der Waals surface area contributed by atoms with Gasteiger partial charge in [-0.05, 0) is 0 Å². The van der Waals surface area contributed by atoms with Crippen LogP contribution in [0.15, 0.2) is 4.42 Å². The standard InChI is InChI=1S/C8H14N6O3/c9-2-1-7-12-13-8(17-7)14(3-5(10)15)4-6(11)16/h1-4,9H2,(H2,10,15)(H2,11,16). The molecule has 0 atom stereocenters. The van der Waals surface area contributed by atoms with Gasteiger partial charge in [0.15, 0.2) is 0 Å². The topological polar surface area (TPSA) is 154 Å². The smallest absolute Gasteiger partial charge is 0.319 e. The summed E-state index contributed by atoms with van der Waals surface area (Å²) in [4.78, 5) is 22.8. The third kappa shape index (κ3) is 4.07. The highest BCUT2D eigenvalue weighted by molar-refractivity contribution is 5.83. The van der Waals surface area contributed by atoms with Crippen LogP contribution in [0.4, 0.5) is 6.01 Å². The van der Waals surface area contributed by atoms with Crippen molar-refractivity contribution in [2.75, 3.05) is 24.5 Å². The van der Waals surface area contributed by atoms with E-state index in [0.717, 1.165) is 0 Å². The van der Waals surface area contributed by atoms with E-state index in [-0.39, 0.29) is 19.1 Å². The minimum absolute atomic E-state index is 0.0195. The molecule has 0 aliphatic rings. The summed E-state index contributed by atoms with van der Waals surface area (Å²) in [6, 6.07) is 0.0195. The predicted molar refractivity (Wildman–Crippen MR) is 57.7 cm³/mol. The molecule has 0 aliphatic carbocycles. The second-order valence-corrected chi connectivity index (χ2v) is 3.31. The molecule has 9 nitrogen and oxygen atoms in total. The maximum atomic E-state index is 10.8. The Labute approximate surface area is 96.9 Å². The summed E-state index contributed by atoms with van der Waals surface area (Å²) in [5.74, 6) is -0.948. The minimum atomic E-state index is -0.634. The first kappa shape index (κ1) is 12.9. The fourth-order valence-electron chi connectivity index (χ4n) is 1.16. The lowest BCUT2D eigenvalue weighted by Crippen LogP contribution is -2.39. The van der Waals surface area contributed by atoms with Crippen molar-refractivity contribution in [3.63, 3.8) is 0 Å². The highest BCUT2D eigenvalue weighted by Gasteiger charge is 2.18. The molecule has 0 unspecified atom stereocenters. The van der Waals surface area contributed by atoms with E-state index >= 15 is 0 Å². The maximum Gasteiger partial charge on any atom is 0.319 e. The second kappa shape index (κ2) is 5.80. The van der Waals surface area contributed by atoms with Crippen LogP contribution in [0.5, 0.6) is 0 Å². The summed E-state index contributed by atoms with van der Waals surface area (Å²) in [5, 5.41) is 7.38. The maximum absolute atomic E-state index is 10.8. The highest BCUT2D eigenvalue weighted by atomic mass is 16.4. The van der Waals surface area contributed by atoms with Crippen LogP contribution in [-0.4, -0.2) is 41.6 Å². The van der Waals surface area contributed by atoms with Gasteiger partial charge in [-0.15, -0.1) is 5.10 Å². The Morgan fingerprint density at radius 2 is 1.76 bits per heavy atom. The zero-order valence-electron chi connectivity index (χ0n) is 9.13. The number of primary amides is 2.